The molecular formula is C16H15ClN4O2. The first-order valence-corrected chi connectivity index (χ1v) is 7.40. The molecular weight excluding hydrogens is 316 g/mol. The first-order chi connectivity index (χ1) is 11.0. The Morgan fingerprint density at radius 1 is 1.35 bits per heavy atom. The molecule has 1 aromatic carbocycles. The molecule has 7 heteroatoms. The second kappa shape index (κ2) is 6.26. The van der Waals surface area contributed by atoms with Crippen molar-refractivity contribution in [1.29, 1.82) is 0 Å². The molecule has 0 aliphatic rings. The van der Waals surface area contributed by atoms with Gasteiger partial charge in [0.05, 0.1) is 10.7 Å². The fourth-order valence-electron chi connectivity index (χ4n) is 2.15. The quantitative estimate of drug-likeness (QED) is 0.798. The number of hydrogen-bond donors (Lipinski definition) is 1. The van der Waals surface area contributed by atoms with Gasteiger partial charge in [0, 0.05) is 24.2 Å². The van der Waals surface area contributed by atoms with Crippen LogP contribution in [0.3, 0.4) is 0 Å². The summed E-state index contributed by atoms with van der Waals surface area (Å²) >= 11 is 6.10. The lowest BCUT2D eigenvalue weighted by molar-refractivity contribution is -0.118. The molecule has 23 heavy (non-hydrogen) atoms. The molecule has 3 aromatic rings. The fourth-order valence-corrected chi connectivity index (χ4v) is 2.43. The summed E-state index contributed by atoms with van der Waals surface area (Å²) in [6, 6.07) is 7.18. The Balaban J connectivity index is 1.69. The zero-order valence-electron chi connectivity index (χ0n) is 12.7. The summed E-state index contributed by atoms with van der Waals surface area (Å²) < 4.78 is 7.26. The van der Waals surface area contributed by atoms with E-state index >= 15 is 0 Å². The van der Waals surface area contributed by atoms with Crippen LogP contribution in [-0.4, -0.2) is 26.9 Å². The summed E-state index contributed by atoms with van der Waals surface area (Å²) in [5.74, 6) is 0.746. The number of rotatable bonds is 4. The molecule has 0 unspecified atom stereocenters. The van der Waals surface area contributed by atoms with E-state index in [4.69, 9.17) is 16.3 Å². The number of hydrogen-bond acceptors (Lipinski definition) is 4. The first kappa shape index (κ1) is 15.3. The third kappa shape index (κ3) is 3.43. The number of imidazole rings is 1. The largest absolute Gasteiger partial charge is 0.468 e. The number of benzene rings is 1. The Hall–Kier alpha value is -2.60. The molecule has 0 fully saturated rings. The number of nitrogens with zero attached hydrogens (tertiary/aromatic N) is 3. The maximum absolute atomic E-state index is 12.0. The van der Waals surface area contributed by atoms with Crippen LogP contribution in [0.5, 0.6) is 5.88 Å². The second-order valence-electron chi connectivity index (χ2n) is 5.15. The molecule has 0 aliphatic carbocycles. The van der Waals surface area contributed by atoms with E-state index in [1.807, 2.05) is 19.9 Å². The molecule has 0 radical (unpaired) electrons. The van der Waals surface area contributed by atoms with Crippen molar-refractivity contribution in [2.75, 3.05) is 11.9 Å². The van der Waals surface area contributed by atoms with Gasteiger partial charge in [0.1, 0.15) is 0 Å². The highest BCUT2D eigenvalue weighted by molar-refractivity contribution is 6.33. The molecule has 0 saturated heterocycles. The highest BCUT2D eigenvalue weighted by Gasteiger charge is 2.10. The van der Waals surface area contributed by atoms with Gasteiger partial charge in [-0.2, -0.15) is 0 Å². The molecule has 0 bridgehead atoms. The molecule has 0 atom stereocenters. The molecule has 0 spiro atoms. The topological polar surface area (TPSA) is 68.5 Å². The monoisotopic (exact) mass is 330 g/mol. The number of carbonyl (C=O) groups excluding carboxylic acids is 1. The molecule has 0 saturated carbocycles. The van der Waals surface area contributed by atoms with Gasteiger partial charge in [-0.05, 0) is 31.5 Å². The minimum atomic E-state index is -0.293. The number of anilines is 1. The van der Waals surface area contributed by atoms with E-state index in [0.29, 0.717) is 22.4 Å². The number of halogens is 1. The van der Waals surface area contributed by atoms with Crippen LogP contribution < -0.4 is 10.1 Å². The van der Waals surface area contributed by atoms with E-state index in [1.165, 1.54) is 0 Å². The normalized spacial score (nSPS) is 10.7. The molecule has 1 N–H and O–H groups in total. The van der Waals surface area contributed by atoms with Gasteiger partial charge < -0.3 is 10.1 Å². The molecule has 0 aliphatic heterocycles. The lowest BCUT2D eigenvalue weighted by Gasteiger charge is -2.10. The van der Waals surface area contributed by atoms with E-state index < -0.39 is 0 Å². The van der Waals surface area contributed by atoms with Crippen molar-refractivity contribution in [3.63, 3.8) is 0 Å². The minimum Gasteiger partial charge on any atom is -0.468 e. The van der Waals surface area contributed by atoms with Gasteiger partial charge in [0.2, 0.25) is 11.7 Å². The highest BCUT2D eigenvalue weighted by Crippen LogP contribution is 2.22. The Labute approximate surface area is 138 Å². The van der Waals surface area contributed by atoms with Crippen molar-refractivity contribution in [3.8, 4) is 5.88 Å². The van der Waals surface area contributed by atoms with Crippen molar-refractivity contribution in [1.82, 2.24) is 14.4 Å². The summed E-state index contributed by atoms with van der Waals surface area (Å²) in [7, 11) is 0. The number of aromatic nitrogens is 3. The zero-order chi connectivity index (χ0) is 16.4. The van der Waals surface area contributed by atoms with Crippen molar-refractivity contribution in [2.24, 2.45) is 0 Å². The SMILES string of the molecule is Cc1ccc(NC(=O)COc2cc(C)nc3nccn23)c(Cl)c1. The van der Waals surface area contributed by atoms with E-state index in [9.17, 15) is 4.79 Å². The minimum absolute atomic E-state index is 0.138. The number of amides is 1. The van der Waals surface area contributed by atoms with E-state index in [0.717, 1.165) is 11.3 Å². The van der Waals surface area contributed by atoms with Gasteiger partial charge in [0.15, 0.2) is 6.61 Å². The molecule has 118 valence electrons. The van der Waals surface area contributed by atoms with Crippen LogP contribution in [0.2, 0.25) is 5.02 Å². The number of aryl methyl sites for hydroxylation is 2. The maximum Gasteiger partial charge on any atom is 0.262 e. The molecule has 2 aromatic heterocycles. The molecule has 2 heterocycles. The maximum atomic E-state index is 12.0. The molecule has 3 rings (SSSR count). The highest BCUT2D eigenvalue weighted by atomic mass is 35.5. The van der Waals surface area contributed by atoms with Gasteiger partial charge in [-0.25, -0.2) is 9.97 Å². The van der Waals surface area contributed by atoms with Crippen LogP contribution in [0, 0.1) is 13.8 Å². The molecule has 1 amide bonds. The van der Waals surface area contributed by atoms with Gasteiger partial charge in [-0.3, -0.25) is 9.20 Å². The van der Waals surface area contributed by atoms with Crippen LogP contribution in [-0.2, 0) is 4.79 Å². The van der Waals surface area contributed by atoms with Gasteiger partial charge in [-0.15, -0.1) is 0 Å². The predicted molar refractivity (Wildman–Crippen MR) is 88.0 cm³/mol. The van der Waals surface area contributed by atoms with E-state index in [2.05, 4.69) is 15.3 Å². The van der Waals surface area contributed by atoms with Crippen LogP contribution in [0.4, 0.5) is 5.69 Å². The Bertz CT molecular complexity index is 876. The van der Waals surface area contributed by atoms with E-state index in [-0.39, 0.29) is 12.5 Å². The summed E-state index contributed by atoms with van der Waals surface area (Å²) in [6.45, 7) is 3.64. The summed E-state index contributed by atoms with van der Waals surface area (Å²) in [6.07, 6.45) is 3.35. The third-order valence-electron chi connectivity index (χ3n) is 3.22. The second-order valence-corrected chi connectivity index (χ2v) is 5.56. The lowest BCUT2D eigenvalue weighted by Crippen LogP contribution is -2.21. The van der Waals surface area contributed by atoms with Crippen LogP contribution >= 0.6 is 11.6 Å². The standard InChI is InChI=1S/C16H15ClN4O2/c1-10-3-4-13(12(17)7-10)20-14(22)9-23-15-8-11(2)19-16-18-5-6-21(15)16/h3-8H,9H2,1-2H3,(H,20,22). The fraction of sp³-hybridized carbons (Fsp3) is 0.188. The van der Waals surface area contributed by atoms with E-state index in [1.54, 1.807) is 35.0 Å². The lowest BCUT2D eigenvalue weighted by atomic mass is 10.2. The Kier molecular flexibility index (Phi) is 4.16. The third-order valence-corrected chi connectivity index (χ3v) is 3.53. The number of fused-ring (bicyclic) bond motifs is 1. The summed E-state index contributed by atoms with van der Waals surface area (Å²) in [5, 5.41) is 3.22. The van der Waals surface area contributed by atoms with Crippen molar-refractivity contribution < 1.29 is 9.53 Å². The van der Waals surface area contributed by atoms with Crippen LogP contribution in [0.1, 0.15) is 11.3 Å². The van der Waals surface area contributed by atoms with Gasteiger partial charge in [0.25, 0.3) is 5.91 Å². The zero-order valence-corrected chi connectivity index (χ0v) is 13.5. The predicted octanol–water partition coefficient (Wildman–Crippen LogP) is 3.02. The van der Waals surface area contributed by atoms with Crippen LogP contribution in [0.25, 0.3) is 5.78 Å². The van der Waals surface area contributed by atoms with Gasteiger partial charge >= 0.3 is 0 Å². The number of carbonyl (C=O) groups is 1. The smallest absolute Gasteiger partial charge is 0.262 e. The number of ether oxygens (including phenoxy) is 1. The average Bonchev–Trinajstić information content (AvgIpc) is 2.96. The molecule has 6 nitrogen and oxygen atoms in total. The summed E-state index contributed by atoms with van der Waals surface area (Å²) in [5.41, 5.74) is 2.35. The van der Waals surface area contributed by atoms with Crippen molar-refractivity contribution in [2.45, 2.75) is 13.8 Å². The van der Waals surface area contributed by atoms with Gasteiger partial charge in [-0.1, -0.05) is 17.7 Å². The first-order valence-electron chi connectivity index (χ1n) is 7.02. The van der Waals surface area contributed by atoms with Crippen molar-refractivity contribution in [3.05, 3.63) is 52.9 Å². The summed E-state index contributed by atoms with van der Waals surface area (Å²) in [4.78, 5) is 20.4. The van der Waals surface area contributed by atoms with Crippen LogP contribution in [0.15, 0.2) is 36.7 Å². The number of nitrogens with one attached hydrogen (secondary N) is 1. The average molecular weight is 331 g/mol. The Morgan fingerprint density at radius 3 is 2.96 bits per heavy atom. The Morgan fingerprint density at radius 2 is 2.17 bits per heavy atom. The van der Waals surface area contributed by atoms with Crippen molar-refractivity contribution >= 4 is 29.0 Å².